The van der Waals surface area contributed by atoms with Crippen molar-refractivity contribution in [2.75, 3.05) is 23.3 Å². The summed E-state index contributed by atoms with van der Waals surface area (Å²) in [5.41, 5.74) is 6.22. The molecule has 0 fully saturated rings. The van der Waals surface area contributed by atoms with Gasteiger partial charge >= 0.3 is 0 Å². The molecule has 0 spiro atoms. The monoisotopic (exact) mass is 241 g/mol. The first kappa shape index (κ1) is 12.2. The van der Waals surface area contributed by atoms with E-state index in [9.17, 15) is 8.42 Å². The number of aromatic nitrogens is 1. The van der Waals surface area contributed by atoms with Gasteiger partial charge in [-0.3, -0.25) is 0 Å². The maximum Gasteiger partial charge on any atom is 0.210 e. The molecule has 1 aromatic rings. The maximum atomic E-state index is 10.6. The van der Waals surface area contributed by atoms with Gasteiger partial charge < -0.3 is 11.1 Å². The number of primary sulfonamides is 1. The van der Waals surface area contributed by atoms with E-state index in [1.54, 1.807) is 0 Å². The van der Waals surface area contributed by atoms with E-state index in [2.05, 4.69) is 10.3 Å². The highest BCUT2D eigenvalue weighted by Crippen LogP contribution is 2.15. The fourth-order valence-corrected chi connectivity index (χ4v) is 1.39. The number of anilines is 2. The molecule has 0 unspecified atom stereocenters. The Kier molecular flexibility index (Phi) is 3.65. The summed E-state index contributed by atoms with van der Waals surface area (Å²) < 4.78 is 21.3. The van der Waals surface area contributed by atoms with E-state index >= 15 is 0 Å². The zero-order valence-corrected chi connectivity index (χ0v) is 9.16. The van der Waals surface area contributed by atoms with Crippen molar-refractivity contribution < 1.29 is 8.42 Å². The number of rotatable bonds is 4. The third kappa shape index (κ3) is 3.72. The summed E-state index contributed by atoms with van der Waals surface area (Å²) in [4.78, 5) is 3.87. The van der Waals surface area contributed by atoms with Gasteiger partial charge in [0.05, 0.1) is 17.0 Å². The smallest absolute Gasteiger partial charge is 0.210 e. The molecule has 0 amide bonds. The predicted molar refractivity (Wildman–Crippen MR) is 59.8 cm³/mol. The van der Waals surface area contributed by atoms with Gasteiger partial charge in [0.1, 0.15) is 11.9 Å². The Morgan fingerprint density at radius 1 is 1.56 bits per heavy atom. The summed E-state index contributed by atoms with van der Waals surface area (Å²) in [6.07, 6.45) is 1.34. The van der Waals surface area contributed by atoms with Crippen LogP contribution in [0.5, 0.6) is 0 Å². The van der Waals surface area contributed by atoms with E-state index in [0.29, 0.717) is 11.4 Å². The molecule has 86 valence electrons. The van der Waals surface area contributed by atoms with Crippen LogP contribution in [0.1, 0.15) is 5.56 Å². The van der Waals surface area contributed by atoms with E-state index in [0.717, 1.165) is 0 Å². The number of nitrogens with two attached hydrogens (primary N) is 2. The first-order valence-corrected chi connectivity index (χ1v) is 6.04. The zero-order chi connectivity index (χ0) is 12.2. The standard InChI is InChI=1S/C8H11N5O2S/c9-4-6-3-7(10)8(13-5-6)12-1-2-16(11,14)15/h3,5H,1-2,10H2,(H,12,13)(H2,11,14,15). The zero-order valence-electron chi connectivity index (χ0n) is 8.34. The van der Waals surface area contributed by atoms with Gasteiger partial charge in [-0.2, -0.15) is 5.26 Å². The largest absolute Gasteiger partial charge is 0.396 e. The average Bonchev–Trinajstić information content (AvgIpc) is 2.18. The molecule has 7 nitrogen and oxygen atoms in total. The third-order valence-corrected chi connectivity index (χ3v) is 2.50. The second-order valence-electron chi connectivity index (χ2n) is 3.07. The normalized spacial score (nSPS) is 10.8. The topological polar surface area (TPSA) is 135 Å². The summed E-state index contributed by atoms with van der Waals surface area (Å²) in [6, 6.07) is 3.34. The average molecular weight is 241 g/mol. The van der Waals surface area contributed by atoms with Crippen molar-refractivity contribution in [2.45, 2.75) is 0 Å². The molecule has 0 saturated heterocycles. The molecule has 0 saturated carbocycles. The molecule has 0 atom stereocenters. The van der Waals surface area contributed by atoms with Gasteiger partial charge in [-0.1, -0.05) is 0 Å². The first-order chi connectivity index (χ1) is 7.42. The van der Waals surface area contributed by atoms with E-state index in [1.807, 2.05) is 6.07 Å². The van der Waals surface area contributed by atoms with Gasteiger partial charge in [-0.05, 0) is 6.07 Å². The lowest BCUT2D eigenvalue weighted by atomic mass is 10.3. The summed E-state index contributed by atoms with van der Waals surface area (Å²) in [6.45, 7) is 0.113. The summed E-state index contributed by atoms with van der Waals surface area (Å²) >= 11 is 0. The van der Waals surface area contributed by atoms with Gasteiger partial charge in [0, 0.05) is 12.7 Å². The Morgan fingerprint density at radius 2 is 2.25 bits per heavy atom. The second kappa shape index (κ2) is 4.78. The Hall–Kier alpha value is -1.85. The molecule has 0 radical (unpaired) electrons. The van der Waals surface area contributed by atoms with Crippen LogP contribution in [0.3, 0.4) is 0 Å². The van der Waals surface area contributed by atoms with Crippen LogP contribution in [-0.4, -0.2) is 25.7 Å². The molecule has 0 aromatic carbocycles. The molecule has 5 N–H and O–H groups in total. The lowest BCUT2D eigenvalue weighted by molar-refractivity contribution is 0.598. The van der Waals surface area contributed by atoms with Crippen molar-refractivity contribution in [3.63, 3.8) is 0 Å². The van der Waals surface area contributed by atoms with Gasteiger partial charge in [-0.15, -0.1) is 0 Å². The summed E-state index contributed by atoms with van der Waals surface area (Å²) in [5.74, 6) is 0.122. The highest BCUT2D eigenvalue weighted by molar-refractivity contribution is 7.89. The Bertz CT molecular complexity index is 520. The number of hydrogen-bond donors (Lipinski definition) is 3. The van der Waals surface area contributed by atoms with E-state index in [4.69, 9.17) is 16.1 Å². The molecule has 0 aliphatic heterocycles. The predicted octanol–water partition coefficient (Wildman–Crippen LogP) is -0.764. The van der Waals surface area contributed by atoms with Gasteiger partial charge in [0.2, 0.25) is 10.0 Å². The molecule has 0 aliphatic carbocycles. The van der Waals surface area contributed by atoms with Crippen LogP contribution in [0, 0.1) is 11.3 Å². The third-order valence-electron chi connectivity index (χ3n) is 1.73. The van der Waals surface area contributed by atoms with Crippen molar-refractivity contribution in [1.82, 2.24) is 4.98 Å². The molecule has 1 rings (SSSR count). The van der Waals surface area contributed by atoms with Crippen LogP contribution in [0.15, 0.2) is 12.3 Å². The number of nitriles is 1. The fraction of sp³-hybridized carbons (Fsp3) is 0.250. The van der Waals surface area contributed by atoms with Crippen LogP contribution in [-0.2, 0) is 10.0 Å². The van der Waals surface area contributed by atoms with Crippen LogP contribution >= 0.6 is 0 Å². The minimum atomic E-state index is -3.50. The minimum absolute atomic E-state index is 0.113. The minimum Gasteiger partial charge on any atom is -0.396 e. The molecule has 1 aromatic heterocycles. The number of pyridine rings is 1. The lowest BCUT2D eigenvalue weighted by Gasteiger charge is -2.07. The molecular weight excluding hydrogens is 230 g/mol. The lowest BCUT2D eigenvalue weighted by Crippen LogP contribution is -2.22. The van der Waals surface area contributed by atoms with Crippen molar-refractivity contribution in [3.8, 4) is 6.07 Å². The Morgan fingerprint density at radius 3 is 2.75 bits per heavy atom. The van der Waals surface area contributed by atoms with E-state index < -0.39 is 10.0 Å². The highest BCUT2D eigenvalue weighted by atomic mass is 32.2. The summed E-state index contributed by atoms with van der Waals surface area (Å²) in [5, 5.41) is 16.1. The van der Waals surface area contributed by atoms with E-state index in [-0.39, 0.29) is 18.0 Å². The van der Waals surface area contributed by atoms with Crippen LogP contribution in [0.4, 0.5) is 11.5 Å². The van der Waals surface area contributed by atoms with Crippen molar-refractivity contribution in [2.24, 2.45) is 5.14 Å². The molecule has 0 aliphatic rings. The second-order valence-corrected chi connectivity index (χ2v) is 4.80. The highest BCUT2D eigenvalue weighted by Gasteiger charge is 2.05. The number of nitrogen functional groups attached to an aromatic ring is 1. The van der Waals surface area contributed by atoms with Gasteiger partial charge in [0.15, 0.2) is 0 Å². The van der Waals surface area contributed by atoms with Crippen LogP contribution in [0.2, 0.25) is 0 Å². The number of hydrogen-bond acceptors (Lipinski definition) is 6. The summed E-state index contributed by atoms with van der Waals surface area (Å²) in [7, 11) is -3.50. The van der Waals surface area contributed by atoms with Crippen molar-refractivity contribution in [3.05, 3.63) is 17.8 Å². The number of nitrogens with zero attached hydrogens (tertiary/aromatic N) is 2. The molecule has 16 heavy (non-hydrogen) atoms. The Balaban J connectivity index is 2.66. The van der Waals surface area contributed by atoms with Crippen LogP contribution in [0.25, 0.3) is 0 Å². The SMILES string of the molecule is N#Cc1cnc(NCCS(N)(=O)=O)c(N)c1. The number of sulfonamides is 1. The first-order valence-electron chi connectivity index (χ1n) is 4.32. The maximum absolute atomic E-state index is 10.6. The van der Waals surface area contributed by atoms with Crippen LogP contribution < -0.4 is 16.2 Å². The van der Waals surface area contributed by atoms with Crippen molar-refractivity contribution >= 4 is 21.5 Å². The molecule has 8 heteroatoms. The van der Waals surface area contributed by atoms with Gasteiger partial charge in [0.25, 0.3) is 0 Å². The molecule has 1 heterocycles. The quantitative estimate of drug-likeness (QED) is 0.633. The molecule has 0 bridgehead atoms. The van der Waals surface area contributed by atoms with E-state index in [1.165, 1.54) is 12.3 Å². The number of nitrogens with one attached hydrogen (secondary N) is 1. The molecular formula is C8H11N5O2S. The Labute approximate surface area is 93.1 Å². The van der Waals surface area contributed by atoms with Gasteiger partial charge in [-0.25, -0.2) is 18.5 Å². The fourth-order valence-electron chi connectivity index (χ4n) is 1.00. The van der Waals surface area contributed by atoms with Crippen molar-refractivity contribution in [1.29, 1.82) is 5.26 Å².